The molecule has 0 aliphatic carbocycles. The number of hydrogen-bond acceptors (Lipinski definition) is 9. The van der Waals surface area contributed by atoms with Crippen LogP contribution in [-0.2, 0) is 9.47 Å². The molecule has 2 saturated heterocycles. The van der Waals surface area contributed by atoms with E-state index in [2.05, 4.69) is 20.4 Å². The fraction of sp³-hybridized carbons (Fsp3) is 0.378. The van der Waals surface area contributed by atoms with E-state index in [-0.39, 0.29) is 27.6 Å². The van der Waals surface area contributed by atoms with Crippen LogP contribution in [0, 0.1) is 5.82 Å². The summed E-state index contributed by atoms with van der Waals surface area (Å²) in [5, 5.41) is 8.76. The molecule has 2 N–H and O–H groups in total. The predicted molar refractivity (Wildman–Crippen MR) is 188 cm³/mol. The lowest BCUT2D eigenvalue weighted by atomic mass is 10.1. The number of nitrogens with one attached hydrogen (secondary N) is 2. The first-order valence-corrected chi connectivity index (χ1v) is 17.0. The smallest absolute Gasteiger partial charge is 0.256 e. The highest BCUT2D eigenvalue weighted by molar-refractivity contribution is 6.15. The number of ether oxygens (including phenoxy) is 2. The van der Waals surface area contributed by atoms with E-state index in [1.165, 1.54) is 12.3 Å². The first-order valence-electron chi connectivity index (χ1n) is 17.0. The van der Waals surface area contributed by atoms with Crippen LogP contribution in [0.25, 0.3) is 49.1 Å². The molecule has 4 aromatic carbocycles. The van der Waals surface area contributed by atoms with E-state index >= 15 is 4.39 Å². The summed E-state index contributed by atoms with van der Waals surface area (Å²) in [6.45, 7) is 8.70. The Bertz CT molecular complexity index is 2310. The van der Waals surface area contributed by atoms with Gasteiger partial charge in [-0.25, -0.2) is 4.39 Å². The van der Waals surface area contributed by atoms with Gasteiger partial charge in [-0.05, 0) is 54.9 Å². The number of aromatic nitrogens is 1. The monoisotopic (exact) mass is 667 g/mol. The maximum atomic E-state index is 16.0. The first kappa shape index (κ1) is 31.6. The van der Waals surface area contributed by atoms with E-state index in [9.17, 15) is 14.4 Å². The van der Waals surface area contributed by atoms with Gasteiger partial charge in [0.1, 0.15) is 16.8 Å². The summed E-state index contributed by atoms with van der Waals surface area (Å²) in [7, 11) is 0. The molecule has 6 aromatic rings. The Morgan fingerprint density at radius 2 is 1.45 bits per heavy atom. The minimum absolute atomic E-state index is 0.0370. The Balaban J connectivity index is 1.21. The van der Waals surface area contributed by atoms with Gasteiger partial charge >= 0.3 is 0 Å². The lowest BCUT2D eigenvalue weighted by Gasteiger charge is -2.26. The minimum atomic E-state index is -0.659. The van der Waals surface area contributed by atoms with Crippen molar-refractivity contribution in [1.82, 2.24) is 19.5 Å². The van der Waals surface area contributed by atoms with Gasteiger partial charge < -0.3 is 28.9 Å². The third-order valence-corrected chi connectivity index (χ3v) is 9.81. The maximum absolute atomic E-state index is 16.0. The number of pyridine rings is 1. The Morgan fingerprint density at radius 3 is 2.16 bits per heavy atom. The molecule has 0 atom stereocenters. The molecular weight excluding hydrogens is 629 g/mol. The number of morpholine rings is 2. The number of amides is 1. The molecule has 2 aliphatic heterocycles. The number of fused-ring (bicyclic) bond motifs is 5. The average molecular weight is 668 g/mol. The van der Waals surface area contributed by atoms with E-state index < -0.39 is 17.2 Å². The van der Waals surface area contributed by atoms with Gasteiger partial charge in [-0.3, -0.25) is 24.2 Å². The zero-order valence-corrected chi connectivity index (χ0v) is 27.2. The van der Waals surface area contributed by atoms with E-state index in [0.29, 0.717) is 73.3 Å². The zero-order chi connectivity index (χ0) is 33.5. The highest BCUT2D eigenvalue weighted by atomic mass is 19.1. The van der Waals surface area contributed by atoms with Crippen LogP contribution < -0.4 is 21.5 Å². The lowest BCUT2D eigenvalue weighted by molar-refractivity contribution is 0.0374. The summed E-state index contributed by atoms with van der Waals surface area (Å²) in [5.74, 6) is -1.19. The second kappa shape index (κ2) is 13.4. The van der Waals surface area contributed by atoms with E-state index in [1.54, 1.807) is 16.5 Å². The van der Waals surface area contributed by atoms with Crippen molar-refractivity contribution < 1.29 is 23.1 Å². The van der Waals surface area contributed by atoms with Gasteiger partial charge in [0, 0.05) is 56.2 Å². The molecular formula is C37H38FN5O6. The molecule has 0 bridgehead atoms. The molecule has 0 spiro atoms. The Labute approximate surface area is 280 Å². The largest absolute Gasteiger partial charge is 0.451 e. The number of hydrogen-bond donors (Lipinski definition) is 2. The zero-order valence-electron chi connectivity index (χ0n) is 27.2. The standard InChI is InChI=1S/C37H38FN5O6/c38-29-19-27-33-36(32(29)39-7-3-9-41-11-15-47-16-12-41)49-31-21-26-25(23-5-1-2-6-24(23)34(26)44)20-30(31)43(33)22-28(35(27)45)37(46)40-8-4-10-42-13-17-48-18-14-42/h1-2,5-6,19-22,39H,3-4,7-18H2,(H,40,46). The van der Waals surface area contributed by atoms with Crippen molar-refractivity contribution in [1.29, 1.82) is 0 Å². The quantitative estimate of drug-likeness (QED) is 0.127. The van der Waals surface area contributed by atoms with Crippen LogP contribution in [0.2, 0.25) is 0 Å². The first-order chi connectivity index (χ1) is 24.0. The SMILES string of the molecule is O=C(NCCCN1CCOCC1)c1cn2c3cc4c(cc3oc3c(NCCCN5CCOCC5)c(F)cc(c1=O)c32)c(=O)c1ccccc14. The highest BCUT2D eigenvalue weighted by Gasteiger charge is 2.24. The second-order valence-electron chi connectivity index (χ2n) is 12.8. The molecule has 12 heteroatoms. The van der Waals surface area contributed by atoms with Crippen LogP contribution in [0.3, 0.4) is 0 Å². The van der Waals surface area contributed by atoms with Crippen molar-refractivity contribution in [2.75, 3.05) is 84.1 Å². The molecule has 0 unspecified atom stereocenters. The van der Waals surface area contributed by atoms with Crippen molar-refractivity contribution in [3.8, 4) is 0 Å². The topological polar surface area (TPSA) is 118 Å². The van der Waals surface area contributed by atoms with Crippen molar-refractivity contribution >= 4 is 60.7 Å². The van der Waals surface area contributed by atoms with Crippen molar-refractivity contribution in [3.63, 3.8) is 0 Å². The Morgan fingerprint density at radius 1 is 0.776 bits per heavy atom. The molecule has 0 radical (unpaired) electrons. The molecule has 0 saturated carbocycles. The molecule has 11 nitrogen and oxygen atoms in total. The summed E-state index contributed by atoms with van der Waals surface area (Å²) < 4.78 is 35.0. The Kier molecular flexibility index (Phi) is 8.62. The van der Waals surface area contributed by atoms with Crippen molar-refractivity contribution in [2.45, 2.75) is 12.8 Å². The van der Waals surface area contributed by atoms with E-state index in [4.69, 9.17) is 13.9 Å². The average Bonchev–Trinajstić information content (AvgIpc) is 3.40. The molecule has 49 heavy (non-hydrogen) atoms. The molecule has 1 amide bonds. The minimum Gasteiger partial charge on any atom is -0.451 e. The number of halogens is 1. The number of nitrogens with zero attached hydrogens (tertiary/aromatic N) is 3. The number of rotatable bonds is 10. The summed E-state index contributed by atoms with van der Waals surface area (Å²) in [5.41, 5.74) is 0.713. The van der Waals surface area contributed by atoms with E-state index in [1.807, 2.05) is 24.3 Å². The van der Waals surface area contributed by atoms with Gasteiger partial charge in [-0.2, -0.15) is 0 Å². The summed E-state index contributed by atoms with van der Waals surface area (Å²) in [4.78, 5) is 45.4. The van der Waals surface area contributed by atoms with Crippen LogP contribution in [-0.4, -0.2) is 98.9 Å². The third-order valence-electron chi connectivity index (χ3n) is 9.81. The van der Waals surface area contributed by atoms with Crippen LogP contribution in [0.5, 0.6) is 0 Å². The molecule has 2 fully saturated rings. The maximum Gasteiger partial charge on any atom is 0.256 e. The number of carbonyl (C=O) groups excluding carboxylic acids is 1. The van der Waals surface area contributed by atoms with Gasteiger partial charge in [0.2, 0.25) is 5.43 Å². The highest BCUT2D eigenvalue weighted by Crippen LogP contribution is 2.36. The van der Waals surface area contributed by atoms with Gasteiger partial charge in [0.15, 0.2) is 22.4 Å². The lowest BCUT2D eigenvalue weighted by Crippen LogP contribution is -2.38. The van der Waals surface area contributed by atoms with Crippen LogP contribution in [0.1, 0.15) is 23.2 Å². The van der Waals surface area contributed by atoms with Gasteiger partial charge in [0.25, 0.3) is 5.91 Å². The van der Waals surface area contributed by atoms with Crippen LogP contribution in [0.15, 0.2) is 62.7 Å². The Hall–Kier alpha value is -4.62. The summed E-state index contributed by atoms with van der Waals surface area (Å²) in [6, 6.07) is 12.1. The van der Waals surface area contributed by atoms with Gasteiger partial charge in [0.05, 0.1) is 37.3 Å². The summed E-state index contributed by atoms with van der Waals surface area (Å²) in [6.07, 6.45) is 2.98. The fourth-order valence-electron chi connectivity index (χ4n) is 7.23. The third kappa shape index (κ3) is 5.88. The van der Waals surface area contributed by atoms with Crippen LogP contribution in [0.4, 0.5) is 10.1 Å². The molecule has 2 aliphatic rings. The van der Waals surface area contributed by atoms with Crippen LogP contribution >= 0.6 is 0 Å². The van der Waals surface area contributed by atoms with Crippen molar-refractivity contribution in [3.05, 3.63) is 80.5 Å². The van der Waals surface area contributed by atoms with Gasteiger partial charge in [-0.1, -0.05) is 24.3 Å². The van der Waals surface area contributed by atoms with E-state index in [0.717, 1.165) is 56.5 Å². The molecule has 8 rings (SSSR count). The second-order valence-corrected chi connectivity index (χ2v) is 12.8. The number of anilines is 1. The molecule has 2 aromatic heterocycles. The predicted octanol–water partition coefficient (Wildman–Crippen LogP) is 4.03. The molecule has 254 valence electrons. The summed E-state index contributed by atoms with van der Waals surface area (Å²) >= 11 is 0. The van der Waals surface area contributed by atoms with Gasteiger partial charge in [-0.15, -0.1) is 0 Å². The molecule has 4 heterocycles. The number of carbonyl (C=O) groups is 1. The number of benzene rings is 3. The fourth-order valence-corrected chi connectivity index (χ4v) is 7.23. The normalized spacial score (nSPS) is 16.4. The van der Waals surface area contributed by atoms with Crippen molar-refractivity contribution in [2.24, 2.45) is 0 Å².